The molecular formula is C19H18FNO3. The molecule has 124 valence electrons. The van der Waals surface area contributed by atoms with Gasteiger partial charge in [0.05, 0.1) is 18.1 Å². The third-order valence-corrected chi connectivity index (χ3v) is 4.80. The Labute approximate surface area is 139 Å². The first-order valence-corrected chi connectivity index (χ1v) is 8.09. The van der Waals surface area contributed by atoms with Crippen molar-refractivity contribution in [3.63, 3.8) is 0 Å². The molecule has 4 rings (SSSR count). The Kier molecular flexibility index (Phi) is 3.73. The van der Waals surface area contributed by atoms with Crippen molar-refractivity contribution < 1.29 is 19.0 Å². The SMILES string of the molecule is O=C(NC1c2ccccc2CC1O)C1COc2ccc(F)cc2C1. The summed E-state index contributed by atoms with van der Waals surface area (Å²) in [6, 6.07) is 11.7. The van der Waals surface area contributed by atoms with Crippen molar-refractivity contribution in [2.75, 3.05) is 6.61 Å². The number of carbonyl (C=O) groups is 1. The molecule has 1 heterocycles. The summed E-state index contributed by atoms with van der Waals surface area (Å²) in [5, 5.41) is 13.2. The summed E-state index contributed by atoms with van der Waals surface area (Å²) < 4.78 is 19.0. The summed E-state index contributed by atoms with van der Waals surface area (Å²) in [7, 11) is 0. The molecule has 0 fully saturated rings. The Hall–Kier alpha value is -2.40. The van der Waals surface area contributed by atoms with Gasteiger partial charge in [-0.05, 0) is 41.3 Å². The van der Waals surface area contributed by atoms with Crippen LogP contribution in [0.15, 0.2) is 42.5 Å². The Balaban J connectivity index is 1.49. The highest BCUT2D eigenvalue weighted by Gasteiger charge is 2.34. The van der Waals surface area contributed by atoms with Crippen molar-refractivity contribution >= 4 is 5.91 Å². The van der Waals surface area contributed by atoms with Crippen molar-refractivity contribution in [2.45, 2.75) is 25.0 Å². The lowest BCUT2D eigenvalue weighted by Gasteiger charge is -2.27. The fourth-order valence-electron chi connectivity index (χ4n) is 3.55. The van der Waals surface area contributed by atoms with E-state index < -0.39 is 12.1 Å². The monoisotopic (exact) mass is 327 g/mol. The molecule has 0 saturated heterocycles. The van der Waals surface area contributed by atoms with E-state index in [0.717, 1.165) is 11.1 Å². The van der Waals surface area contributed by atoms with E-state index in [1.165, 1.54) is 12.1 Å². The molecule has 0 aromatic heterocycles. The van der Waals surface area contributed by atoms with Crippen LogP contribution in [0.2, 0.25) is 0 Å². The average Bonchev–Trinajstić information content (AvgIpc) is 2.90. The van der Waals surface area contributed by atoms with Crippen LogP contribution < -0.4 is 10.1 Å². The third-order valence-electron chi connectivity index (χ3n) is 4.80. The van der Waals surface area contributed by atoms with Gasteiger partial charge in [0, 0.05) is 6.42 Å². The second-order valence-corrected chi connectivity index (χ2v) is 6.42. The first kappa shape index (κ1) is 15.1. The molecule has 24 heavy (non-hydrogen) atoms. The highest BCUT2D eigenvalue weighted by molar-refractivity contribution is 5.80. The number of hydrogen-bond donors (Lipinski definition) is 2. The van der Waals surface area contributed by atoms with Gasteiger partial charge in [-0.2, -0.15) is 0 Å². The zero-order valence-corrected chi connectivity index (χ0v) is 13.0. The minimum absolute atomic E-state index is 0.175. The van der Waals surface area contributed by atoms with Crippen LogP contribution in [0.25, 0.3) is 0 Å². The highest BCUT2D eigenvalue weighted by Crippen LogP contribution is 2.33. The van der Waals surface area contributed by atoms with E-state index in [-0.39, 0.29) is 24.2 Å². The molecule has 1 aliphatic carbocycles. The van der Waals surface area contributed by atoms with Crippen LogP contribution in [-0.4, -0.2) is 23.7 Å². The molecule has 5 heteroatoms. The van der Waals surface area contributed by atoms with E-state index in [1.54, 1.807) is 6.07 Å². The summed E-state index contributed by atoms with van der Waals surface area (Å²) in [5.41, 5.74) is 2.72. The lowest BCUT2D eigenvalue weighted by Crippen LogP contribution is -2.41. The van der Waals surface area contributed by atoms with Crippen LogP contribution >= 0.6 is 0 Å². The van der Waals surface area contributed by atoms with Crippen LogP contribution in [0, 0.1) is 11.7 Å². The number of carbonyl (C=O) groups excluding carboxylic acids is 1. The molecule has 0 radical (unpaired) electrons. The second-order valence-electron chi connectivity index (χ2n) is 6.42. The van der Waals surface area contributed by atoms with Crippen molar-refractivity contribution in [3.05, 3.63) is 65.0 Å². The smallest absolute Gasteiger partial charge is 0.227 e. The number of aliphatic hydroxyl groups excluding tert-OH is 1. The van der Waals surface area contributed by atoms with Gasteiger partial charge in [0.15, 0.2) is 0 Å². The zero-order valence-electron chi connectivity index (χ0n) is 13.0. The normalized spacial score (nSPS) is 24.7. The maximum atomic E-state index is 13.4. The van der Waals surface area contributed by atoms with Gasteiger partial charge in [0.2, 0.25) is 5.91 Å². The molecule has 4 nitrogen and oxygen atoms in total. The predicted octanol–water partition coefficient (Wildman–Crippen LogP) is 2.15. The molecule has 0 saturated carbocycles. The molecule has 1 amide bonds. The maximum absolute atomic E-state index is 13.4. The molecule has 3 atom stereocenters. The van der Waals surface area contributed by atoms with Gasteiger partial charge in [0.1, 0.15) is 18.2 Å². The molecule has 1 aliphatic heterocycles. The van der Waals surface area contributed by atoms with Crippen LogP contribution in [0.3, 0.4) is 0 Å². The number of aliphatic hydroxyl groups is 1. The van der Waals surface area contributed by atoms with E-state index in [2.05, 4.69) is 5.32 Å². The summed E-state index contributed by atoms with van der Waals surface area (Å²) >= 11 is 0. The minimum Gasteiger partial charge on any atom is -0.492 e. The number of nitrogens with one attached hydrogen (secondary N) is 1. The van der Waals surface area contributed by atoms with Crippen LogP contribution in [-0.2, 0) is 17.6 Å². The van der Waals surface area contributed by atoms with E-state index in [9.17, 15) is 14.3 Å². The van der Waals surface area contributed by atoms with Crippen molar-refractivity contribution in [1.29, 1.82) is 0 Å². The number of hydrogen-bond acceptors (Lipinski definition) is 3. The summed E-state index contributed by atoms with van der Waals surface area (Å²) in [5.74, 6) is -0.268. The van der Waals surface area contributed by atoms with Gasteiger partial charge in [-0.15, -0.1) is 0 Å². The molecule has 2 N–H and O–H groups in total. The number of halogens is 1. The molecule has 2 aromatic carbocycles. The summed E-state index contributed by atoms with van der Waals surface area (Å²) in [6.45, 7) is 0.259. The van der Waals surface area contributed by atoms with E-state index in [4.69, 9.17) is 4.74 Å². The Bertz CT molecular complexity index is 792. The summed E-state index contributed by atoms with van der Waals surface area (Å²) in [4.78, 5) is 12.6. The Morgan fingerprint density at radius 3 is 2.88 bits per heavy atom. The highest BCUT2D eigenvalue weighted by atomic mass is 19.1. The molecule has 3 unspecified atom stereocenters. The van der Waals surface area contributed by atoms with Crippen LogP contribution in [0.4, 0.5) is 4.39 Å². The topological polar surface area (TPSA) is 58.6 Å². The predicted molar refractivity (Wildman–Crippen MR) is 86.1 cm³/mol. The first-order chi connectivity index (χ1) is 11.6. The molecule has 2 aliphatic rings. The molecule has 2 aromatic rings. The quantitative estimate of drug-likeness (QED) is 0.889. The fraction of sp³-hybridized carbons (Fsp3) is 0.316. The van der Waals surface area contributed by atoms with E-state index in [1.807, 2.05) is 24.3 Å². The summed E-state index contributed by atoms with van der Waals surface area (Å²) in [6.07, 6.45) is 0.347. The van der Waals surface area contributed by atoms with Gasteiger partial charge in [-0.3, -0.25) is 4.79 Å². The van der Waals surface area contributed by atoms with E-state index >= 15 is 0 Å². The van der Waals surface area contributed by atoms with Crippen molar-refractivity contribution in [1.82, 2.24) is 5.32 Å². The number of benzene rings is 2. The minimum atomic E-state index is -0.624. The molecule has 0 bridgehead atoms. The van der Waals surface area contributed by atoms with Gasteiger partial charge < -0.3 is 15.2 Å². The lowest BCUT2D eigenvalue weighted by atomic mass is 9.95. The fourth-order valence-corrected chi connectivity index (χ4v) is 3.55. The second kappa shape index (κ2) is 5.91. The Morgan fingerprint density at radius 2 is 2.00 bits per heavy atom. The van der Waals surface area contributed by atoms with Gasteiger partial charge in [0.25, 0.3) is 0 Å². The van der Waals surface area contributed by atoms with Crippen LogP contribution in [0.5, 0.6) is 5.75 Å². The molecule has 0 spiro atoms. The zero-order chi connectivity index (χ0) is 16.7. The number of amides is 1. The maximum Gasteiger partial charge on any atom is 0.227 e. The van der Waals surface area contributed by atoms with Crippen molar-refractivity contribution in [2.24, 2.45) is 5.92 Å². The lowest BCUT2D eigenvalue weighted by molar-refractivity contribution is -0.127. The average molecular weight is 327 g/mol. The number of rotatable bonds is 2. The van der Waals surface area contributed by atoms with Crippen molar-refractivity contribution in [3.8, 4) is 5.75 Å². The van der Waals surface area contributed by atoms with Gasteiger partial charge >= 0.3 is 0 Å². The van der Waals surface area contributed by atoms with Crippen LogP contribution in [0.1, 0.15) is 22.7 Å². The largest absolute Gasteiger partial charge is 0.492 e. The first-order valence-electron chi connectivity index (χ1n) is 8.09. The Morgan fingerprint density at radius 1 is 1.17 bits per heavy atom. The van der Waals surface area contributed by atoms with E-state index in [0.29, 0.717) is 24.2 Å². The van der Waals surface area contributed by atoms with Gasteiger partial charge in [-0.1, -0.05) is 24.3 Å². The number of fused-ring (bicyclic) bond motifs is 2. The number of ether oxygens (including phenoxy) is 1. The standard InChI is InChI=1S/C19H18FNO3/c20-14-5-6-17-12(8-14)7-13(10-24-17)19(23)21-18-15-4-2-1-3-11(15)9-16(18)22/h1-6,8,13,16,18,22H,7,9-10H2,(H,21,23). The molecular weight excluding hydrogens is 309 g/mol. The third kappa shape index (κ3) is 2.65. The van der Waals surface area contributed by atoms with Gasteiger partial charge in [-0.25, -0.2) is 4.39 Å².